The third-order valence-electron chi connectivity index (χ3n) is 6.92. The topological polar surface area (TPSA) is 25.8 Å². The smallest absolute Gasteiger partial charge is 0.114 e. The molecule has 0 fully saturated rings. The summed E-state index contributed by atoms with van der Waals surface area (Å²) in [4.78, 5) is 9.40. The van der Waals surface area contributed by atoms with E-state index in [4.69, 9.17) is 4.98 Å². The highest BCUT2D eigenvalue weighted by Crippen LogP contribution is 2.52. The molecule has 0 unspecified atom stereocenters. The highest BCUT2D eigenvalue weighted by atomic mass is 28.3. The Morgan fingerprint density at radius 3 is 2.43 bits per heavy atom. The first-order valence-corrected chi connectivity index (χ1v) is 12.9. The highest BCUT2D eigenvalue weighted by Gasteiger charge is 2.46. The lowest BCUT2D eigenvalue weighted by molar-refractivity contribution is 0.661. The van der Waals surface area contributed by atoms with Crippen LogP contribution >= 0.6 is 0 Å². The van der Waals surface area contributed by atoms with Crippen molar-refractivity contribution in [2.45, 2.75) is 32.4 Å². The van der Waals surface area contributed by atoms with E-state index < -0.39 is 8.07 Å². The number of fused-ring (bicyclic) bond motifs is 9. The molecule has 2 nitrogen and oxygen atoms in total. The normalized spacial score (nSPS) is 17.1. The molecule has 2 aliphatic rings. The van der Waals surface area contributed by atoms with Gasteiger partial charge in [-0.25, -0.2) is 0 Å². The van der Waals surface area contributed by atoms with Crippen molar-refractivity contribution in [3.63, 3.8) is 0 Å². The summed E-state index contributed by atoms with van der Waals surface area (Å²) in [7, 11) is -1.81. The summed E-state index contributed by atoms with van der Waals surface area (Å²) in [5.74, 6) is 0. The predicted octanol–water partition coefficient (Wildman–Crippen LogP) is 4.74. The molecule has 0 atom stereocenters. The minimum atomic E-state index is -1.81. The van der Waals surface area contributed by atoms with Gasteiger partial charge in [0.1, 0.15) is 8.07 Å². The third kappa shape index (κ3) is 1.74. The fourth-order valence-corrected chi connectivity index (χ4v) is 9.10. The van der Waals surface area contributed by atoms with Crippen molar-refractivity contribution in [2.75, 3.05) is 0 Å². The lowest BCUT2D eigenvalue weighted by atomic mass is 9.79. The number of nitrogens with zero attached hydrogens (tertiary/aromatic N) is 2. The van der Waals surface area contributed by atoms with Crippen LogP contribution < -0.4 is 10.4 Å². The monoisotopic (exact) mass is 378 g/mol. The van der Waals surface area contributed by atoms with Gasteiger partial charge in [0.2, 0.25) is 0 Å². The van der Waals surface area contributed by atoms with E-state index in [-0.39, 0.29) is 5.41 Å². The van der Waals surface area contributed by atoms with Gasteiger partial charge in [-0.05, 0) is 50.8 Å². The van der Waals surface area contributed by atoms with Gasteiger partial charge < -0.3 is 0 Å². The molecule has 0 bridgehead atoms. The van der Waals surface area contributed by atoms with Crippen LogP contribution in [-0.2, 0) is 5.41 Å². The number of benzene rings is 2. The Bertz CT molecular complexity index is 1320. The van der Waals surface area contributed by atoms with Crippen LogP contribution in [0.4, 0.5) is 0 Å². The molecule has 1 aliphatic heterocycles. The molecule has 0 spiro atoms. The molecule has 28 heavy (non-hydrogen) atoms. The van der Waals surface area contributed by atoms with Crippen LogP contribution in [0.5, 0.6) is 0 Å². The molecular weight excluding hydrogens is 356 g/mol. The Hall–Kier alpha value is -2.78. The summed E-state index contributed by atoms with van der Waals surface area (Å²) < 4.78 is 0. The van der Waals surface area contributed by atoms with E-state index in [9.17, 15) is 0 Å². The Balaban J connectivity index is 1.78. The van der Waals surface area contributed by atoms with Crippen molar-refractivity contribution in [1.29, 1.82) is 0 Å². The molecule has 0 N–H and O–H groups in total. The molecule has 2 aromatic carbocycles. The molecule has 2 aromatic heterocycles. The molecular formula is C25H22N2Si. The van der Waals surface area contributed by atoms with Gasteiger partial charge in [0.05, 0.1) is 11.2 Å². The molecule has 0 saturated heterocycles. The summed E-state index contributed by atoms with van der Waals surface area (Å²) in [6.07, 6.45) is 3.82. The highest BCUT2D eigenvalue weighted by molar-refractivity contribution is 7.05. The summed E-state index contributed by atoms with van der Waals surface area (Å²) in [6, 6.07) is 17.9. The van der Waals surface area contributed by atoms with E-state index in [1.54, 1.807) is 10.4 Å². The van der Waals surface area contributed by atoms with Crippen LogP contribution in [0.1, 0.15) is 25.0 Å². The number of hydrogen-bond acceptors (Lipinski definition) is 2. The van der Waals surface area contributed by atoms with Gasteiger partial charge in [-0.2, -0.15) is 0 Å². The SMILES string of the molecule is CC1(C)c2cccnc2-c2ccc3c(c21)-c1ccc2ncccc2c1[Si]3(C)C. The van der Waals surface area contributed by atoms with Gasteiger partial charge in [0.25, 0.3) is 0 Å². The van der Waals surface area contributed by atoms with Crippen LogP contribution in [0.3, 0.4) is 0 Å². The van der Waals surface area contributed by atoms with E-state index in [2.05, 4.69) is 80.5 Å². The maximum atomic E-state index is 4.77. The molecule has 6 rings (SSSR count). The molecule has 0 radical (unpaired) electrons. The second-order valence-electron chi connectivity index (χ2n) is 9.12. The summed E-state index contributed by atoms with van der Waals surface area (Å²) in [6.45, 7) is 9.69. The van der Waals surface area contributed by atoms with Crippen LogP contribution in [0, 0.1) is 0 Å². The van der Waals surface area contributed by atoms with Gasteiger partial charge >= 0.3 is 0 Å². The molecule has 4 aromatic rings. The zero-order chi connectivity index (χ0) is 19.3. The van der Waals surface area contributed by atoms with Crippen LogP contribution in [0.15, 0.2) is 60.9 Å². The van der Waals surface area contributed by atoms with Gasteiger partial charge in [-0.3, -0.25) is 9.97 Å². The quantitative estimate of drug-likeness (QED) is 0.413. The maximum absolute atomic E-state index is 4.77. The first kappa shape index (κ1) is 16.2. The molecule has 136 valence electrons. The van der Waals surface area contributed by atoms with Gasteiger partial charge in [0, 0.05) is 28.8 Å². The van der Waals surface area contributed by atoms with Gasteiger partial charge in [0.15, 0.2) is 0 Å². The van der Waals surface area contributed by atoms with E-state index >= 15 is 0 Å². The number of pyridine rings is 2. The second-order valence-corrected chi connectivity index (χ2v) is 13.4. The Labute approximate surface area is 166 Å². The first-order chi connectivity index (χ1) is 13.4. The van der Waals surface area contributed by atoms with Gasteiger partial charge in [-0.15, -0.1) is 0 Å². The fourth-order valence-electron chi connectivity index (χ4n) is 5.68. The Morgan fingerprint density at radius 2 is 1.57 bits per heavy atom. The zero-order valence-electron chi connectivity index (χ0n) is 16.7. The maximum Gasteiger partial charge on any atom is 0.114 e. The molecule has 1 aliphatic carbocycles. The van der Waals surface area contributed by atoms with Crippen molar-refractivity contribution in [3.05, 3.63) is 72.1 Å². The van der Waals surface area contributed by atoms with Crippen molar-refractivity contribution < 1.29 is 0 Å². The van der Waals surface area contributed by atoms with Crippen molar-refractivity contribution in [3.8, 4) is 22.4 Å². The Morgan fingerprint density at radius 1 is 0.821 bits per heavy atom. The standard InChI is InChI=1S/C25H22N2Si/c1-25(2)18-8-6-14-27-23(18)17-10-12-20-21(22(17)25)16-9-11-19-15(7-5-13-26-19)24(16)28(20,3)4/h5-14H,1-4H3. The minimum absolute atomic E-state index is 0.0414. The number of aromatic nitrogens is 2. The van der Waals surface area contributed by atoms with Crippen LogP contribution in [0.25, 0.3) is 33.3 Å². The van der Waals surface area contributed by atoms with Crippen LogP contribution in [-0.4, -0.2) is 18.0 Å². The van der Waals surface area contributed by atoms with E-state index in [0.29, 0.717) is 0 Å². The van der Waals surface area contributed by atoms with E-state index in [0.717, 1.165) is 11.2 Å². The summed E-state index contributed by atoms with van der Waals surface area (Å²) >= 11 is 0. The van der Waals surface area contributed by atoms with Gasteiger partial charge in [-0.1, -0.05) is 57.3 Å². The largest absolute Gasteiger partial charge is 0.256 e. The third-order valence-corrected chi connectivity index (χ3v) is 10.5. The summed E-state index contributed by atoms with van der Waals surface area (Å²) in [5, 5.41) is 4.42. The predicted molar refractivity (Wildman–Crippen MR) is 119 cm³/mol. The molecule has 0 amide bonds. The lowest BCUT2D eigenvalue weighted by Crippen LogP contribution is -2.49. The summed E-state index contributed by atoms with van der Waals surface area (Å²) in [5.41, 5.74) is 9.22. The van der Waals surface area contributed by atoms with E-state index in [1.165, 1.54) is 33.2 Å². The lowest BCUT2D eigenvalue weighted by Gasteiger charge is -2.25. The minimum Gasteiger partial charge on any atom is -0.256 e. The van der Waals surface area contributed by atoms with E-state index in [1.807, 2.05) is 12.4 Å². The molecule has 3 heteroatoms. The second kappa shape index (κ2) is 4.98. The number of rotatable bonds is 0. The average Bonchev–Trinajstić information content (AvgIpc) is 3.08. The molecule has 0 saturated carbocycles. The zero-order valence-corrected chi connectivity index (χ0v) is 17.7. The van der Waals surface area contributed by atoms with Crippen LogP contribution in [0.2, 0.25) is 13.1 Å². The van der Waals surface area contributed by atoms with Crippen molar-refractivity contribution >= 4 is 29.4 Å². The number of hydrogen-bond donors (Lipinski definition) is 0. The molecule has 3 heterocycles. The average molecular weight is 379 g/mol. The first-order valence-electron chi connectivity index (χ1n) is 9.95. The van der Waals surface area contributed by atoms with Crippen molar-refractivity contribution in [2.24, 2.45) is 0 Å². The van der Waals surface area contributed by atoms with Crippen molar-refractivity contribution in [1.82, 2.24) is 9.97 Å². The fraction of sp³-hybridized carbons (Fsp3) is 0.200. The Kier molecular flexibility index (Phi) is 2.88.